The van der Waals surface area contributed by atoms with Gasteiger partial charge in [0.05, 0.1) is 25.3 Å². The van der Waals surface area contributed by atoms with Gasteiger partial charge in [0.25, 0.3) is 5.91 Å². The van der Waals surface area contributed by atoms with Crippen molar-refractivity contribution in [2.24, 2.45) is 16.9 Å². The molecule has 1 fully saturated rings. The predicted molar refractivity (Wildman–Crippen MR) is 156 cm³/mol. The van der Waals surface area contributed by atoms with E-state index in [4.69, 9.17) is 14.9 Å². The molecule has 0 bridgehead atoms. The van der Waals surface area contributed by atoms with E-state index in [0.717, 1.165) is 30.1 Å². The molecular weight excluding hydrogens is 492 g/mol. The summed E-state index contributed by atoms with van der Waals surface area (Å²) >= 11 is 0. The first-order valence-corrected chi connectivity index (χ1v) is 14.3. The molecule has 1 heterocycles. The van der Waals surface area contributed by atoms with Gasteiger partial charge in [0.2, 0.25) is 0 Å². The van der Waals surface area contributed by atoms with Gasteiger partial charge in [0.1, 0.15) is 5.75 Å². The average Bonchev–Trinajstić information content (AvgIpc) is 3.39. The highest BCUT2D eigenvalue weighted by Gasteiger charge is 2.38. The fourth-order valence-electron chi connectivity index (χ4n) is 5.81. The van der Waals surface area contributed by atoms with Crippen molar-refractivity contribution in [3.8, 4) is 5.75 Å². The highest BCUT2D eigenvalue weighted by molar-refractivity contribution is 5.94. The van der Waals surface area contributed by atoms with Crippen LogP contribution in [-0.4, -0.2) is 60.4 Å². The Balaban J connectivity index is 1.52. The van der Waals surface area contributed by atoms with E-state index in [9.17, 15) is 9.59 Å². The van der Waals surface area contributed by atoms with Crippen molar-refractivity contribution < 1.29 is 19.4 Å². The molecular formula is C31H42N4O4. The number of hydrogen-bond acceptors (Lipinski definition) is 6. The summed E-state index contributed by atoms with van der Waals surface area (Å²) in [5, 5.41) is 20.0. The zero-order valence-corrected chi connectivity index (χ0v) is 23.4. The molecule has 1 aliphatic carbocycles. The summed E-state index contributed by atoms with van der Waals surface area (Å²) in [4.78, 5) is 25.1. The second-order valence-electron chi connectivity index (χ2n) is 10.6. The van der Waals surface area contributed by atoms with Crippen LogP contribution in [0, 0.1) is 11.8 Å². The molecule has 1 saturated carbocycles. The van der Waals surface area contributed by atoms with Gasteiger partial charge in [0.15, 0.2) is 0 Å². The van der Waals surface area contributed by atoms with E-state index in [0.29, 0.717) is 18.1 Å². The zero-order valence-electron chi connectivity index (χ0n) is 23.4. The number of nitrogens with zero attached hydrogens (tertiary/aromatic N) is 3. The molecule has 2 aromatic carbocycles. The number of anilines is 2. The Morgan fingerprint density at radius 3 is 2.54 bits per heavy atom. The number of ether oxygens (including phenoxy) is 1. The molecule has 1 amide bonds. The fourth-order valence-corrected chi connectivity index (χ4v) is 5.81. The molecule has 1 aliphatic heterocycles. The number of amides is 1. The Morgan fingerprint density at radius 1 is 1.13 bits per heavy atom. The molecule has 2 N–H and O–H groups in total. The predicted octanol–water partition coefficient (Wildman–Crippen LogP) is 5.90. The van der Waals surface area contributed by atoms with Crippen molar-refractivity contribution in [2.45, 2.75) is 64.8 Å². The first-order chi connectivity index (χ1) is 18.9. The van der Waals surface area contributed by atoms with E-state index in [1.165, 1.54) is 42.7 Å². The summed E-state index contributed by atoms with van der Waals surface area (Å²) in [6.45, 7) is 5.81. The van der Waals surface area contributed by atoms with Gasteiger partial charge in [-0.25, -0.2) is 0 Å². The molecule has 0 radical (unpaired) electrons. The molecule has 39 heavy (non-hydrogen) atoms. The minimum atomic E-state index is -0.912. The summed E-state index contributed by atoms with van der Waals surface area (Å²) in [6.07, 6.45) is 7.04. The van der Waals surface area contributed by atoms with Gasteiger partial charge in [-0.1, -0.05) is 32.3 Å². The van der Waals surface area contributed by atoms with Crippen molar-refractivity contribution >= 4 is 29.0 Å². The minimum Gasteiger partial charge on any atom is -0.494 e. The third-order valence-corrected chi connectivity index (χ3v) is 7.90. The number of aliphatic carboxylic acids is 1. The molecule has 0 aromatic heterocycles. The Kier molecular flexibility index (Phi) is 9.85. The van der Waals surface area contributed by atoms with Gasteiger partial charge in [0, 0.05) is 48.6 Å². The van der Waals surface area contributed by atoms with E-state index >= 15 is 0 Å². The van der Waals surface area contributed by atoms with E-state index < -0.39 is 5.97 Å². The van der Waals surface area contributed by atoms with Crippen molar-refractivity contribution in [1.82, 2.24) is 4.90 Å². The summed E-state index contributed by atoms with van der Waals surface area (Å²) in [7, 11) is 1.64. The van der Waals surface area contributed by atoms with Crippen LogP contribution in [0.4, 0.5) is 11.4 Å². The highest BCUT2D eigenvalue weighted by Crippen LogP contribution is 2.36. The van der Waals surface area contributed by atoms with Gasteiger partial charge < -0.3 is 20.1 Å². The standard InChI is InChI=1S/C31H42N4O4/c1-4-28-27(21-35(33-28)25-12-9-13-26(20-25)39-5-2)30(22-10-7-6-8-11-22)32-24-16-14-23(15-17-24)31(38)34(3)19-18-29(36)37/h9,12-17,20,22,27,30,32H,4-8,10-11,18-19,21H2,1-3H3,(H,36,37). The number of benzene rings is 2. The summed E-state index contributed by atoms with van der Waals surface area (Å²) < 4.78 is 5.73. The van der Waals surface area contributed by atoms with Crippen molar-refractivity contribution in [3.63, 3.8) is 0 Å². The molecule has 8 nitrogen and oxygen atoms in total. The number of nitrogens with one attached hydrogen (secondary N) is 1. The van der Waals surface area contributed by atoms with Crippen LogP contribution in [0.1, 0.15) is 69.2 Å². The Hall–Kier alpha value is -3.55. The highest BCUT2D eigenvalue weighted by atomic mass is 16.5. The Labute approximate surface area is 232 Å². The molecule has 4 rings (SSSR count). The van der Waals surface area contributed by atoms with Gasteiger partial charge in [-0.15, -0.1) is 0 Å². The van der Waals surface area contributed by atoms with Crippen LogP contribution in [0.2, 0.25) is 0 Å². The van der Waals surface area contributed by atoms with Crippen LogP contribution in [0.25, 0.3) is 0 Å². The number of hydrazone groups is 1. The number of rotatable bonds is 12. The molecule has 0 spiro atoms. The first-order valence-electron chi connectivity index (χ1n) is 14.3. The molecule has 2 aromatic rings. The zero-order chi connectivity index (χ0) is 27.8. The Morgan fingerprint density at radius 2 is 1.87 bits per heavy atom. The minimum absolute atomic E-state index is 0.0689. The number of carbonyl (C=O) groups excluding carboxylic acids is 1. The van der Waals surface area contributed by atoms with Crippen molar-refractivity contribution in [3.05, 3.63) is 54.1 Å². The number of hydrogen-bond donors (Lipinski definition) is 2. The maximum Gasteiger partial charge on any atom is 0.305 e. The van der Waals surface area contributed by atoms with Crippen molar-refractivity contribution in [1.29, 1.82) is 0 Å². The fraction of sp³-hybridized carbons (Fsp3) is 0.516. The Bertz CT molecular complexity index is 1140. The van der Waals surface area contributed by atoms with Crippen LogP contribution in [0.3, 0.4) is 0 Å². The second-order valence-corrected chi connectivity index (χ2v) is 10.6. The topological polar surface area (TPSA) is 94.5 Å². The monoisotopic (exact) mass is 534 g/mol. The third kappa shape index (κ3) is 7.31. The lowest BCUT2D eigenvalue weighted by Crippen LogP contribution is -2.42. The maximum atomic E-state index is 12.7. The molecule has 2 aliphatic rings. The lowest BCUT2D eigenvalue weighted by molar-refractivity contribution is -0.137. The average molecular weight is 535 g/mol. The van der Waals surface area contributed by atoms with Gasteiger partial charge in [-0.05, 0) is 68.5 Å². The molecule has 0 saturated heterocycles. The van der Waals surface area contributed by atoms with Gasteiger partial charge in [-0.3, -0.25) is 14.6 Å². The summed E-state index contributed by atoms with van der Waals surface area (Å²) in [5.41, 5.74) is 3.81. The van der Waals surface area contributed by atoms with Gasteiger partial charge in [-0.2, -0.15) is 5.10 Å². The van der Waals surface area contributed by atoms with E-state index in [-0.39, 0.29) is 30.8 Å². The maximum absolute atomic E-state index is 12.7. The van der Waals surface area contributed by atoms with Crippen LogP contribution in [-0.2, 0) is 4.79 Å². The molecule has 2 atom stereocenters. The lowest BCUT2D eigenvalue weighted by Gasteiger charge is -2.36. The van der Waals surface area contributed by atoms with E-state index in [1.807, 2.05) is 43.3 Å². The number of carboxylic acids is 1. The number of carbonyl (C=O) groups is 2. The molecule has 2 unspecified atom stereocenters. The van der Waals surface area contributed by atoms with Crippen LogP contribution < -0.4 is 15.1 Å². The van der Waals surface area contributed by atoms with Crippen LogP contribution in [0.15, 0.2) is 53.6 Å². The SMILES string of the molecule is CCOc1cccc(N2CC(C(Nc3ccc(C(=O)N(C)CCC(=O)O)cc3)C3CCCCC3)C(CC)=N2)c1. The quantitative estimate of drug-likeness (QED) is 0.352. The van der Waals surface area contributed by atoms with Crippen LogP contribution in [0.5, 0.6) is 5.75 Å². The van der Waals surface area contributed by atoms with E-state index in [1.54, 1.807) is 7.05 Å². The number of carboxylic acid groups (broad SMARTS) is 1. The first kappa shape index (κ1) is 28.5. The smallest absolute Gasteiger partial charge is 0.305 e. The van der Waals surface area contributed by atoms with Crippen molar-refractivity contribution in [2.75, 3.05) is 37.1 Å². The van der Waals surface area contributed by atoms with E-state index in [2.05, 4.69) is 29.4 Å². The second kappa shape index (κ2) is 13.5. The summed E-state index contributed by atoms with van der Waals surface area (Å²) in [5.74, 6) is 0.603. The third-order valence-electron chi connectivity index (χ3n) is 7.90. The lowest BCUT2D eigenvalue weighted by atomic mass is 9.76. The molecule has 210 valence electrons. The normalized spacial score (nSPS) is 18.4. The van der Waals surface area contributed by atoms with Gasteiger partial charge >= 0.3 is 5.97 Å². The van der Waals surface area contributed by atoms with Crippen LogP contribution >= 0.6 is 0 Å². The largest absolute Gasteiger partial charge is 0.494 e. The molecule has 8 heteroatoms. The summed E-state index contributed by atoms with van der Waals surface area (Å²) in [6, 6.07) is 16.0.